The van der Waals surface area contributed by atoms with Crippen molar-refractivity contribution in [3.8, 4) is 22.9 Å². The Morgan fingerprint density at radius 1 is 0.977 bits per heavy atom. The summed E-state index contributed by atoms with van der Waals surface area (Å²) in [6, 6.07) is 9.34. The molecule has 2 aliphatic heterocycles. The first-order valence-electron chi connectivity index (χ1n) is 14.9. The number of pyridine rings is 1. The van der Waals surface area contributed by atoms with Crippen molar-refractivity contribution in [2.24, 2.45) is 5.92 Å². The lowest BCUT2D eigenvalue weighted by Gasteiger charge is -2.34. The van der Waals surface area contributed by atoms with Crippen LogP contribution in [0.2, 0.25) is 10.0 Å². The summed E-state index contributed by atoms with van der Waals surface area (Å²) in [7, 11) is 0. The first kappa shape index (κ1) is 31.7. The summed E-state index contributed by atoms with van der Waals surface area (Å²) >= 11 is 12.6. The van der Waals surface area contributed by atoms with Crippen molar-refractivity contribution in [3.05, 3.63) is 70.5 Å². The maximum absolute atomic E-state index is 12.1. The summed E-state index contributed by atoms with van der Waals surface area (Å²) in [5.74, 6) is 2.01. The molecule has 2 fully saturated rings. The third kappa shape index (κ3) is 8.68. The van der Waals surface area contributed by atoms with Gasteiger partial charge >= 0.3 is 0 Å². The Morgan fingerprint density at radius 2 is 1.66 bits per heavy atom. The van der Waals surface area contributed by atoms with Crippen LogP contribution >= 0.6 is 23.2 Å². The van der Waals surface area contributed by atoms with E-state index in [1.807, 2.05) is 36.1 Å². The van der Waals surface area contributed by atoms with Gasteiger partial charge in [0.05, 0.1) is 18.1 Å². The van der Waals surface area contributed by atoms with E-state index in [1.165, 1.54) is 0 Å². The molecule has 2 amide bonds. The molecule has 0 aliphatic carbocycles. The number of likely N-dealkylation sites (tertiary alicyclic amines) is 1. The maximum Gasteiger partial charge on any atom is 0.246 e. The molecule has 2 saturated heterocycles. The zero-order valence-electron chi connectivity index (χ0n) is 25.0. The van der Waals surface area contributed by atoms with E-state index in [1.54, 1.807) is 37.5 Å². The Kier molecular flexibility index (Phi) is 10.7. The third-order valence-electron chi connectivity index (χ3n) is 7.79. The van der Waals surface area contributed by atoms with Crippen molar-refractivity contribution in [1.82, 2.24) is 30.1 Å². The predicted octanol–water partition coefficient (Wildman–Crippen LogP) is 5.21. The van der Waals surface area contributed by atoms with Crippen LogP contribution in [0, 0.1) is 5.92 Å². The van der Waals surface area contributed by atoms with Crippen LogP contribution in [0.15, 0.2) is 54.9 Å². The Balaban J connectivity index is 1.29. The van der Waals surface area contributed by atoms with Crippen LogP contribution in [0.1, 0.15) is 32.3 Å². The summed E-state index contributed by atoms with van der Waals surface area (Å²) in [6.07, 6.45) is 8.68. The quantitative estimate of drug-likeness (QED) is 0.319. The van der Waals surface area contributed by atoms with Gasteiger partial charge in [-0.2, -0.15) is 0 Å². The number of piperidine rings is 1. The van der Waals surface area contributed by atoms with Gasteiger partial charge in [0, 0.05) is 67.9 Å². The molecular formula is C32H37Cl2N7O3. The van der Waals surface area contributed by atoms with Gasteiger partial charge in [0.2, 0.25) is 23.6 Å². The zero-order valence-corrected chi connectivity index (χ0v) is 26.5. The second-order valence-corrected chi connectivity index (χ2v) is 12.0. The first-order valence-corrected chi connectivity index (χ1v) is 15.6. The average Bonchev–Trinajstić information content (AvgIpc) is 3.01. The molecule has 4 heterocycles. The number of aromatic nitrogens is 3. The molecule has 2 aromatic heterocycles. The van der Waals surface area contributed by atoms with Crippen molar-refractivity contribution in [2.45, 2.75) is 33.2 Å². The number of carbonyl (C=O) groups is 2. The number of hydrogen-bond acceptors (Lipinski definition) is 8. The highest BCUT2D eigenvalue weighted by Gasteiger charge is 2.22. The van der Waals surface area contributed by atoms with Crippen molar-refractivity contribution >= 4 is 41.0 Å². The highest BCUT2D eigenvalue weighted by molar-refractivity contribution is 6.35. The topological polar surface area (TPSA) is 104 Å². The highest BCUT2D eigenvalue weighted by atomic mass is 35.5. The second kappa shape index (κ2) is 14.8. The Labute approximate surface area is 268 Å². The van der Waals surface area contributed by atoms with Crippen LogP contribution in [0.5, 0.6) is 11.6 Å². The minimum atomic E-state index is 0.0154. The standard InChI is InChI=1S/C32H37Cl2N7O3/c1-3-4-31(43)40-9-11-41(12-10-40)32-36-19-28(20-37-32)44-30-14-24(13-29(38-30)25-15-26(33)17-27(34)16-25)21-39-7-5-23(6-8-39)18-35-22(2)42/h3-4,13-17,19-20,23H,5-12,18,21H2,1-2H3,(H,35,42). The lowest BCUT2D eigenvalue weighted by atomic mass is 9.96. The van der Waals surface area contributed by atoms with Gasteiger partial charge in [0.15, 0.2) is 5.75 Å². The minimum absolute atomic E-state index is 0.0154. The molecule has 44 heavy (non-hydrogen) atoms. The van der Waals surface area contributed by atoms with Gasteiger partial charge < -0.3 is 19.9 Å². The van der Waals surface area contributed by atoms with Crippen molar-refractivity contribution in [3.63, 3.8) is 0 Å². The first-order chi connectivity index (χ1) is 21.2. The molecule has 232 valence electrons. The molecule has 0 bridgehead atoms. The number of hydrogen-bond donors (Lipinski definition) is 1. The van der Waals surface area contributed by atoms with Gasteiger partial charge in [0.1, 0.15) is 0 Å². The van der Waals surface area contributed by atoms with Crippen molar-refractivity contribution in [1.29, 1.82) is 0 Å². The van der Waals surface area contributed by atoms with Gasteiger partial charge in [-0.25, -0.2) is 15.0 Å². The van der Waals surface area contributed by atoms with E-state index >= 15 is 0 Å². The lowest BCUT2D eigenvalue weighted by Crippen LogP contribution is -2.48. The number of anilines is 1. The van der Waals surface area contributed by atoms with Crippen LogP contribution in [0.25, 0.3) is 11.3 Å². The van der Waals surface area contributed by atoms with Crippen molar-refractivity contribution in [2.75, 3.05) is 50.7 Å². The fraction of sp³-hybridized carbons (Fsp3) is 0.406. The molecule has 3 aromatic rings. The number of nitrogens with zero attached hydrogens (tertiary/aromatic N) is 6. The predicted molar refractivity (Wildman–Crippen MR) is 172 cm³/mol. The zero-order chi connectivity index (χ0) is 31.1. The molecule has 1 aromatic carbocycles. The Morgan fingerprint density at radius 3 is 2.30 bits per heavy atom. The van der Waals surface area contributed by atoms with Crippen LogP contribution < -0.4 is 15.0 Å². The van der Waals surface area contributed by atoms with E-state index < -0.39 is 0 Å². The van der Waals surface area contributed by atoms with E-state index in [-0.39, 0.29) is 11.8 Å². The van der Waals surface area contributed by atoms with E-state index in [2.05, 4.69) is 25.1 Å². The van der Waals surface area contributed by atoms with Crippen LogP contribution in [0.3, 0.4) is 0 Å². The molecule has 0 spiro atoms. The average molecular weight is 639 g/mol. The van der Waals surface area contributed by atoms with Crippen LogP contribution in [-0.4, -0.2) is 82.4 Å². The molecule has 0 unspecified atom stereocenters. The van der Waals surface area contributed by atoms with E-state index in [4.69, 9.17) is 32.9 Å². The molecule has 0 radical (unpaired) electrons. The third-order valence-corrected chi connectivity index (χ3v) is 8.23. The number of halogens is 2. The SMILES string of the molecule is CC=CC(=O)N1CCN(c2ncc(Oc3cc(CN4CCC(CNC(C)=O)CC4)cc(-c4cc(Cl)cc(Cl)c4)n3)cn2)CC1. The summed E-state index contributed by atoms with van der Waals surface area (Å²) in [5, 5.41) is 4.00. The van der Waals surface area contributed by atoms with Crippen LogP contribution in [0.4, 0.5) is 5.95 Å². The fourth-order valence-electron chi connectivity index (χ4n) is 5.47. The molecule has 0 atom stereocenters. The molecular weight excluding hydrogens is 601 g/mol. The number of carbonyl (C=O) groups excluding carboxylic acids is 2. The van der Waals surface area contributed by atoms with Gasteiger partial charge in [-0.15, -0.1) is 0 Å². The minimum Gasteiger partial charge on any atom is -0.436 e. The smallest absolute Gasteiger partial charge is 0.246 e. The molecule has 12 heteroatoms. The number of nitrogens with one attached hydrogen (secondary N) is 1. The number of ether oxygens (including phenoxy) is 1. The van der Waals surface area contributed by atoms with Gasteiger partial charge in [-0.05, 0) is 74.7 Å². The van der Waals surface area contributed by atoms with Gasteiger partial charge in [-0.1, -0.05) is 29.3 Å². The summed E-state index contributed by atoms with van der Waals surface area (Å²) in [6.45, 7) is 9.27. The normalized spacial score (nSPS) is 16.4. The van der Waals surface area contributed by atoms with Gasteiger partial charge in [0.25, 0.3) is 0 Å². The maximum atomic E-state index is 12.1. The Bertz CT molecular complexity index is 1470. The number of benzene rings is 1. The molecule has 0 saturated carbocycles. The second-order valence-electron chi connectivity index (χ2n) is 11.1. The van der Waals surface area contributed by atoms with E-state index in [9.17, 15) is 9.59 Å². The molecule has 1 N–H and O–H groups in total. The monoisotopic (exact) mass is 637 g/mol. The summed E-state index contributed by atoms with van der Waals surface area (Å²) in [5.41, 5.74) is 2.54. The fourth-order valence-corrected chi connectivity index (χ4v) is 5.99. The number of piperazine rings is 1. The molecule has 2 aliphatic rings. The van der Waals surface area contributed by atoms with E-state index in [0.717, 1.165) is 50.1 Å². The number of allylic oxidation sites excluding steroid dienone is 1. The van der Waals surface area contributed by atoms with Crippen molar-refractivity contribution < 1.29 is 14.3 Å². The molecule has 5 rings (SSSR count). The van der Waals surface area contributed by atoms with Crippen LogP contribution in [-0.2, 0) is 16.1 Å². The number of rotatable bonds is 9. The highest BCUT2D eigenvalue weighted by Crippen LogP contribution is 2.31. The largest absolute Gasteiger partial charge is 0.436 e. The van der Waals surface area contributed by atoms with Gasteiger partial charge in [-0.3, -0.25) is 14.5 Å². The molecule has 10 nitrogen and oxygen atoms in total. The summed E-state index contributed by atoms with van der Waals surface area (Å²) in [4.78, 5) is 43.6. The Hall–Kier alpha value is -3.73. The number of amides is 2. The lowest BCUT2D eigenvalue weighted by molar-refractivity contribution is -0.126. The summed E-state index contributed by atoms with van der Waals surface area (Å²) < 4.78 is 6.18. The van der Waals surface area contributed by atoms with E-state index in [0.29, 0.717) is 65.4 Å².